The number of nitrogens with one attached hydrogen (secondary N) is 2. The Morgan fingerprint density at radius 3 is 2.32 bits per heavy atom. The molecule has 2 aromatic rings. The number of rotatable bonds is 3. The molecule has 0 saturated carbocycles. The van der Waals surface area contributed by atoms with Crippen LogP contribution in [0.3, 0.4) is 0 Å². The summed E-state index contributed by atoms with van der Waals surface area (Å²) in [5.41, 5.74) is 1.20. The van der Waals surface area contributed by atoms with Gasteiger partial charge in [0.15, 0.2) is 0 Å². The molecule has 0 radical (unpaired) electrons. The van der Waals surface area contributed by atoms with E-state index in [1.807, 2.05) is 0 Å². The fourth-order valence-corrected chi connectivity index (χ4v) is 3.88. The van der Waals surface area contributed by atoms with Crippen molar-refractivity contribution in [1.82, 2.24) is 15.5 Å². The van der Waals surface area contributed by atoms with Crippen LogP contribution in [0.15, 0.2) is 36.4 Å². The van der Waals surface area contributed by atoms with E-state index in [0.717, 1.165) is 0 Å². The summed E-state index contributed by atoms with van der Waals surface area (Å²) in [7, 11) is 0. The Morgan fingerprint density at radius 2 is 1.65 bits per heavy atom. The zero-order valence-corrected chi connectivity index (χ0v) is 17.4. The Kier molecular flexibility index (Phi) is 5.51. The van der Waals surface area contributed by atoms with Crippen LogP contribution in [0.4, 0.5) is 0 Å². The number of nitrogens with zero attached hydrogens (tertiary/aromatic N) is 1. The summed E-state index contributed by atoms with van der Waals surface area (Å²) in [5, 5.41) is 4.94. The minimum Gasteiger partial charge on any atom is -0.322 e. The van der Waals surface area contributed by atoms with E-state index in [1.165, 1.54) is 35.2 Å². The van der Waals surface area contributed by atoms with Crippen LogP contribution in [0.1, 0.15) is 49.5 Å². The summed E-state index contributed by atoms with van der Waals surface area (Å²) < 4.78 is 0. The number of halogens is 2. The molecule has 0 aromatic heterocycles. The normalized spacial score (nSPS) is 17.9. The lowest BCUT2D eigenvalue weighted by Crippen LogP contribution is -2.52. The van der Waals surface area contributed by atoms with Crippen LogP contribution in [-0.2, 0) is 16.1 Å². The largest absolute Gasteiger partial charge is 0.322 e. The number of carbonyl (C=O) groups excluding carboxylic acids is 5. The standard InChI is InChI=1S/C21H15Cl2N3O5/c22-14-4-3-11(8-15(14)23)19(29)25-18(28)10-1-2-12-9-26(21(31)13(12)7-10)16-5-6-17(27)24-20(16)30/h1-4,7-8,16H,5-6,9H2,(H,24,27,30)(H,25,28,29). The lowest BCUT2D eigenvalue weighted by Gasteiger charge is -2.29. The average Bonchev–Trinajstić information content (AvgIpc) is 3.05. The molecular weight excluding hydrogens is 445 g/mol. The molecule has 4 rings (SSSR count). The first-order chi connectivity index (χ1) is 14.7. The fraction of sp³-hybridized carbons (Fsp3) is 0.190. The SMILES string of the molecule is O=C1CCC(N2Cc3ccc(C(=O)NC(=O)c4ccc(Cl)c(Cl)c4)cc3C2=O)C(=O)N1. The molecule has 2 heterocycles. The first kappa shape index (κ1) is 21.0. The van der Waals surface area contributed by atoms with Crippen LogP contribution in [0.2, 0.25) is 10.0 Å². The van der Waals surface area contributed by atoms with Crippen LogP contribution in [0, 0.1) is 0 Å². The van der Waals surface area contributed by atoms with Gasteiger partial charge in [0.05, 0.1) is 10.0 Å². The van der Waals surface area contributed by atoms with Crippen molar-refractivity contribution < 1.29 is 24.0 Å². The van der Waals surface area contributed by atoms with E-state index < -0.39 is 29.7 Å². The maximum absolute atomic E-state index is 12.8. The first-order valence-electron chi connectivity index (χ1n) is 9.33. The van der Waals surface area contributed by atoms with E-state index in [9.17, 15) is 24.0 Å². The van der Waals surface area contributed by atoms with Gasteiger partial charge in [0.25, 0.3) is 17.7 Å². The van der Waals surface area contributed by atoms with E-state index in [1.54, 1.807) is 6.07 Å². The van der Waals surface area contributed by atoms with Gasteiger partial charge < -0.3 is 4.90 Å². The molecule has 31 heavy (non-hydrogen) atoms. The summed E-state index contributed by atoms with van der Waals surface area (Å²) in [6.45, 7) is 0.199. The van der Waals surface area contributed by atoms with Crippen LogP contribution < -0.4 is 10.6 Å². The van der Waals surface area contributed by atoms with Crippen LogP contribution in [0.5, 0.6) is 0 Å². The van der Waals surface area contributed by atoms with Crippen molar-refractivity contribution in [3.63, 3.8) is 0 Å². The summed E-state index contributed by atoms with van der Waals surface area (Å²) >= 11 is 11.7. The number of imide groups is 2. The molecule has 2 aliphatic heterocycles. The van der Waals surface area contributed by atoms with Gasteiger partial charge in [-0.3, -0.25) is 34.6 Å². The minimum atomic E-state index is -0.744. The number of carbonyl (C=O) groups is 5. The summed E-state index contributed by atoms with van der Waals surface area (Å²) in [5.74, 6) is -2.64. The Bertz CT molecular complexity index is 1160. The second kappa shape index (κ2) is 8.13. The number of amides is 5. The molecule has 0 bridgehead atoms. The smallest absolute Gasteiger partial charge is 0.258 e. The lowest BCUT2D eigenvalue weighted by molar-refractivity contribution is -0.136. The van der Waals surface area contributed by atoms with Gasteiger partial charge >= 0.3 is 0 Å². The van der Waals surface area contributed by atoms with E-state index in [0.29, 0.717) is 5.56 Å². The van der Waals surface area contributed by atoms with E-state index in [2.05, 4.69) is 10.6 Å². The third kappa shape index (κ3) is 4.04. The molecule has 8 nitrogen and oxygen atoms in total. The van der Waals surface area contributed by atoms with Gasteiger partial charge in [-0.1, -0.05) is 29.3 Å². The molecule has 0 spiro atoms. The van der Waals surface area contributed by atoms with Crippen LogP contribution in [-0.4, -0.2) is 40.5 Å². The molecule has 2 aliphatic rings. The van der Waals surface area contributed by atoms with Crippen LogP contribution in [0.25, 0.3) is 0 Å². The summed E-state index contributed by atoms with van der Waals surface area (Å²) in [6.07, 6.45) is 0.400. The summed E-state index contributed by atoms with van der Waals surface area (Å²) in [4.78, 5) is 62.6. The molecule has 1 unspecified atom stereocenters. The maximum Gasteiger partial charge on any atom is 0.258 e. The van der Waals surface area contributed by atoms with Crippen molar-refractivity contribution in [3.8, 4) is 0 Å². The molecule has 2 N–H and O–H groups in total. The van der Waals surface area contributed by atoms with Crippen molar-refractivity contribution in [2.45, 2.75) is 25.4 Å². The molecule has 10 heteroatoms. The predicted octanol–water partition coefficient (Wildman–Crippen LogP) is 2.32. The highest BCUT2D eigenvalue weighted by molar-refractivity contribution is 6.42. The molecule has 1 saturated heterocycles. The van der Waals surface area contributed by atoms with E-state index >= 15 is 0 Å². The average molecular weight is 460 g/mol. The quantitative estimate of drug-likeness (QED) is 0.683. The van der Waals surface area contributed by atoms with Gasteiger partial charge in [-0.15, -0.1) is 0 Å². The van der Waals surface area contributed by atoms with Crippen molar-refractivity contribution in [2.24, 2.45) is 0 Å². The molecule has 1 fully saturated rings. The summed E-state index contributed by atoms with van der Waals surface area (Å²) in [6, 6.07) is 7.97. The Morgan fingerprint density at radius 1 is 0.968 bits per heavy atom. The van der Waals surface area contributed by atoms with Gasteiger partial charge in [-0.05, 0) is 42.3 Å². The fourth-order valence-electron chi connectivity index (χ4n) is 3.58. The van der Waals surface area contributed by atoms with Crippen molar-refractivity contribution in [3.05, 3.63) is 68.7 Å². The Balaban J connectivity index is 1.50. The lowest BCUT2D eigenvalue weighted by atomic mass is 10.0. The first-order valence-corrected chi connectivity index (χ1v) is 10.1. The maximum atomic E-state index is 12.8. The number of fused-ring (bicyclic) bond motifs is 1. The number of piperidine rings is 1. The topological polar surface area (TPSA) is 113 Å². The van der Waals surface area contributed by atoms with Gasteiger partial charge in [-0.2, -0.15) is 0 Å². The van der Waals surface area contributed by atoms with Crippen molar-refractivity contribution in [2.75, 3.05) is 0 Å². The zero-order valence-electron chi connectivity index (χ0n) is 15.9. The van der Waals surface area contributed by atoms with E-state index in [-0.39, 0.29) is 52.0 Å². The second-order valence-corrected chi connectivity index (χ2v) is 8.00. The molecule has 158 valence electrons. The second-order valence-electron chi connectivity index (χ2n) is 7.18. The Hall–Kier alpha value is -3.23. The highest BCUT2D eigenvalue weighted by atomic mass is 35.5. The number of hydrogen-bond acceptors (Lipinski definition) is 5. The predicted molar refractivity (Wildman–Crippen MR) is 111 cm³/mol. The highest BCUT2D eigenvalue weighted by Gasteiger charge is 2.39. The minimum absolute atomic E-state index is 0.116. The van der Waals surface area contributed by atoms with Gasteiger partial charge in [-0.25, -0.2) is 0 Å². The van der Waals surface area contributed by atoms with Crippen LogP contribution >= 0.6 is 23.2 Å². The third-order valence-electron chi connectivity index (χ3n) is 5.20. The molecule has 5 amide bonds. The van der Waals surface area contributed by atoms with Crippen molar-refractivity contribution >= 4 is 52.7 Å². The Labute approximate surface area is 186 Å². The molecule has 2 aromatic carbocycles. The van der Waals surface area contributed by atoms with E-state index in [4.69, 9.17) is 23.2 Å². The van der Waals surface area contributed by atoms with Gasteiger partial charge in [0.2, 0.25) is 11.8 Å². The molecule has 1 atom stereocenters. The third-order valence-corrected chi connectivity index (χ3v) is 5.94. The highest BCUT2D eigenvalue weighted by Crippen LogP contribution is 2.28. The van der Waals surface area contributed by atoms with Gasteiger partial charge in [0.1, 0.15) is 6.04 Å². The number of hydrogen-bond donors (Lipinski definition) is 2. The molecule has 0 aliphatic carbocycles. The number of benzene rings is 2. The zero-order chi connectivity index (χ0) is 22.3. The van der Waals surface area contributed by atoms with Crippen molar-refractivity contribution in [1.29, 1.82) is 0 Å². The van der Waals surface area contributed by atoms with Gasteiger partial charge in [0, 0.05) is 29.7 Å². The monoisotopic (exact) mass is 459 g/mol. The molecular formula is C21H15Cl2N3O5.